The zero-order valence-electron chi connectivity index (χ0n) is 9.53. The molecule has 0 radical (unpaired) electrons. The Morgan fingerprint density at radius 1 is 1.47 bits per heavy atom. The van der Waals surface area contributed by atoms with Crippen LogP contribution in [0.25, 0.3) is 0 Å². The normalized spacial score (nSPS) is 21.9. The SMILES string of the molecule is CC(C)c1nccc(C2CCCNC2)n1. The largest absolute Gasteiger partial charge is 0.316 e. The van der Waals surface area contributed by atoms with E-state index in [1.165, 1.54) is 18.5 Å². The van der Waals surface area contributed by atoms with E-state index in [1.807, 2.05) is 6.20 Å². The predicted octanol–water partition coefficient (Wildman–Crippen LogP) is 2.07. The van der Waals surface area contributed by atoms with Crippen molar-refractivity contribution in [2.24, 2.45) is 0 Å². The quantitative estimate of drug-likeness (QED) is 0.803. The summed E-state index contributed by atoms with van der Waals surface area (Å²) >= 11 is 0. The molecule has 1 unspecified atom stereocenters. The lowest BCUT2D eigenvalue weighted by molar-refractivity contribution is 0.452. The molecule has 0 bridgehead atoms. The van der Waals surface area contributed by atoms with Crippen molar-refractivity contribution in [1.29, 1.82) is 0 Å². The fourth-order valence-electron chi connectivity index (χ4n) is 2.00. The average molecular weight is 205 g/mol. The van der Waals surface area contributed by atoms with E-state index in [4.69, 9.17) is 0 Å². The summed E-state index contributed by atoms with van der Waals surface area (Å²) in [5, 5.41) is 3.42. The lowest BCUT2D eigenvalue weighted by Gasteiger charge is -2.22. The van der Waals surface area contributed by atoms with Gasteiger partial charge in [-0.25, -0.2) is 9.97 Å². The Labute approximate surface area is 91.3 Å². The smallest absolute Gasteiger partial charge is 0.131 e. The van der Waals surface area contributed by atoms with Gasteiger partial charge < -0.3 is 5.32 Å². The molecule has 0 saturated carbocycles. The van der Waals surface area contributed by atoms with Crippen LogP contribution in [0.1, 0.15) is 50.0 Å². The summed E-state index contributed by atoms with van der Waals surface area (Å²) in [5.74, 6) is 1.97. The highest BCUT2D eigenvalue weighted by atomic mass is 14.9. The molecule has 0 spiro atoms. The molecule has 1 aromatic heterocycles. The fourth-order valence-corrected chi connectivity index (χ4v) is 2.00. The van der Waals surface area contributed by atoms with E-state index in [2.05, 4.69) is 35.2 Å². The topological polar surface area (TPSA) is 37.8 Å². The number of piperidine rings is 1. The van der Waals surface area contributed by atoms with Crippen LogP contribution in [0.5, 0.6) is 0 Å². The lowest BCUT2D eigenvalue weighted by Crippen LogP contribution is -2.29. The number of nitrogens with one attached hydrogen (secondary N) is 1. The van der Waals surface area contributed by atoms with E-state index in [1.54, 1.807) is 0 Å². The van der Waals surface area contributed by atoms with E-state index >= 15 is 0 Å². The number of nitrogens with zero attached hydrogens (tertiary/aromatic N) is 2. The Morgan fingerprint density at radius 3 is 3.00 bits per heavy atom. The first-order valence-corrected chi connectivity index (χ1v) is 5.81. The molecule has 1 aromatic rings. The van der Waals surface area contributed by atoms with Crippen LogP contribution in [0, 0.1) is 0 Å². The fraction of sp³-hybridized carbons (Fsp3) is 0.667. The standard InChI is InChI=1S/C12H19N3/c1-9(2)12-14-7-5-11(15-12)10-4-3-6-13-8-10/h5,7,9-10,13H,3-4,6,8H2,1-2H3. The summed E-state index contributed by atoms with van der Waals surface area (Å²) in [4.78, 5) is 8.95. The maximum Gasteiger partial charge on any atom is 0.131 e. The van der Waals surface area contributed by atoms with Gasteiger partial charge in [-0.05, 0) is 25.5 Å². The van der Waals surface area contributed by atoms with Gasteiger partial charge >= 0.3 is 0 Å². The number of hydrogen-bond donors (Lipinski definition) is 1. The summed E-state index contributed by atoms with van der Waals surface area (Å²) in [5.41, 5.74) is 1.21. The maximum atomic E-state index is 4.64. The molecule has 2 rings (SSSR count). The molecular weight excluding hydrogens is 186 g/mol. The Morgan fingerprint density at radius 2 is 2.33 bits per heavy atom. The minimum Gasteiger partial charge on any atom is -0.316 e. The van der Waals surface area contributed by atoms with Gasteiger partial charge in [-0.15, -0.1) is 0 Å². The van der Waals surface area contributed by atoms with Gasteiger partial charge in [0.1, 0.15) is 5.82 Å². The molecule has 1 atom stereocenters. The van der Waals surface area contributed by atoms with Crippen molar-refractivity contribution in [3.63, 3.8) is 0 Å². The van der Waals surface area contributed by atoms with Crippen molar-refractivity contribution in [3.8, 4) is 0 Å². The summed E-state index contributed by atoms with van der Waals surface area (Å²) < 4.78 is 0. The van der Waals surface area contributed by atoms with E-state index in [-0.39, 0.29) is 0 Å². The highest BCUT2D eigenvalue weighted by molar-refractivity contribution is 5.11. The molecule has 1 N–H and O–H groups in total. The highest BCUT2D eigenvalue weighted by Crippen LogP contribution is 2.22. The first kappa shape index (κ1) is 10.6. The van der Waals surface area contributed by atoms with Crippen LogP contribution in [0.2, 0.25) is 0 Å². The molecule has 1 fully saturated rings. The maximum absolute atomic E-state index is 4.64. The lowest BCUT2D eigenvalue weighted by atomic mass is 9.96. The van der Waals surface area contributed by atoms with E-state index in [0.717, 1.165) is 18.9 Å². The highest BCUT2D eigenvalue weighted by Gasteiger charge is 2.17. The van der Waals surface area contributed by atoms with Gasteiger partial charge in [0.2, 0.25) is 0 Å². The second-order valence-electron chi connectivity index (χ2n) is 4.54. The van der Waals surface area contributed by atoms with Crippen LogP contribution >= 0.6 is 0 Å². The molecule has 15 heavy (non-hydrogen) atoms. The zero-order chi connectivity index (χ0) is 10.7. The average Bonchev–Trinajstić information content (AvgIpc) is 2.30. The molecule has 1 saturated heterocycles. The Hall–Kier alpha value is -0.960. The van der Waals surface area contributed by atoms with Crippen molar-refractivity contribution in [2.75, 3.05) is 13.1 Å². The second-order valence-corrected chi connectivity index (χ2v) is 4.54. The van der Waals surface area contributed by atoms with Gasteiger partial charge in [-0.2, -0.15) is 0 Å². The monoisotopic (exact) mass is 205 g/mol. The molecule has 3 nitrogen and oxygen atoms in total. The van der Waals surface area contributed by atoms with Gasteiger partial charge in [-0.1, -0.05) is 13.8 Å². The summed E-state index contributed by atoms with van der Waals surface area (Å²) in [6.07, 6.45) is 4.40. The number of hydrogen-bond acceptors (Lipinski definition) is 3. The number of rotatable bonds is 2. The van der Waals surface area contributed by atoms with Crippen molar-refractivity contribution < 1.29 is 0 Å². The molecule has 0 aliphatic carbocycles. The Kier molecular flexibility index (Phi) is 3.31. The molecule has 1 aliphatic heterocycles. The minimum absolute atomic E-state index is 0.418. The molecule has 0 aromatic carbocycles. The van der Waals surface area contributed by atoms with Crippen molar-refractivity contribution in [1.82, 2.24) is 15.3 Å². The molecule has 1 aliphatic rings. The first-order chi connectivity index (χ1) is 7.27. The predicted molar refractivity (Wildman–Crippen MR) is 61.0 cm³/mol. The Bertz CT molecular complexity index is 316. The van der Waals surface area contributed by atoms with Crippen LogP contribution in [0.3, 0.4) is 0 Å². The molecule has 0 amide bonds. The third kappa shape index (κ3) is 2.53. The third-order valence-electron chi connectivity index (χ3n) is 2.93. The summed E-state index contributed by atoms with van der Waals surface area (Å²) in [6.45, 7) is 6.49. The van der Waals surface area contributed by atoms with E-state index in [9.17, 15) is 0 Å². The second kappa shape index (κ2) is 4.71. The molecule has 82 valence electrons. The Balaban J connectivity index is 2.16. The summed E-state index contributed by atoms with van der Waals surface area (Å²) in [6, 6.07) is 2.06. The van der Waals surface area contributed by atoms with Crippen LogP contribution in [0.4, 0.5) is 0 Å². The van der Waals surface area contributed by atoms with Gasteiger partial charge in [0.05, 0.1) is 0 Å². The van der Waals surface area contributed by atoms with Crippen LogP contribution < -0.4 is 5.32 Å². The van der Waals surface area contributed by atoms with Crippen molar-refractivity contribution >= 4 is 0 Å². The third-order valence-corrected chi connectivity index (χ3v) is 2.93. The van der Waals surface area contributed by atoms with Gasteiger partial charge in [0.25, 0.3) is 0 Å². The van der Waals surface area contributed by atoms with Crippen LogP contribution in [-0.4, -0.2) is 23.1 Å². The van der Waals surface area contributed by atoms with Crippen LogP contribution in [-0.2, 0) is 0 Å². The van der Waals surface area contributed by atoms with Crippen molar-refractivity contribution in [3.05, 3.63) is 23.8 Å². The van der Waals surface area contributed by atoms with Crippen molar-refractivity contribution in [2.45, 2.75) is 38.5 Å². The zero-order valence-corrected chi connectivity index (χ0v) is 9.53. The van der Waals surface area contributed by atoms with Crippen LogP contribution in [0.15, 0.2) is 12.3 Å². The van der Waals surface area contributed by atoms with E-state index < -0.39 is 0 Å². The first-order valence-electron chi connectivity index (χ1n) is 5.81. The molecular formula is C12H19N3. The van der Waals surface area contributed by atoms with Gasteiger partial charge in [-0.3, -0.25) is 0 Å². The minimum atomic E-state index is 0.418. The summed E-state index contributed by atoms with van der Waals surface area (Å²) in [7, 11) is 0. The van der Waals surface area contributed by atoms with Gasteiger partial charge in [0.15, 0.2) is 0 Å². The van der Waals surface area contributed by atoms with E-state index in [0.29, 0.717) is 11.8 Å². The molecule has 3 heteroatoms. The molecule has 2 heterocycles. The number of aromatic nitrogens is 2. The van der Waals surface area contributed by atoms with Gasteiger partial charge in [0, 0.05) is 30.3 Å².